The maximum Gasteiger partial charge on any atom is 0.222 e. The Labute approximate surface area is 333 Å². The lowest BCUT2D eigenvalue weighted by Gasteiger charge is -2.39. The molecule has 3 fully saturated rings. The van der Waals surface area contributed by atoms with Crippen molar-refractivity contribution in [2.45, 2.75) is 155 Å². The van der Waals surface area contributed by atoms with Gasteiger partial charge < -0.3 is 90.3 Å². The van der Waals surface area contributed by atoms with Gasteiger partial charge in [0.1, 0.15) is 73.2 Å². The number of carbonyl (C=O) groups excluding carboxylic acids is 3. The molecule has 0 aromatic carbocycles. The quantitative estimate of drug-likeness (QED) is 0.0357. The fourth-order valence-electron chi connectivity index (χ4n) is 7.13. The number of rotatable bonds is 22. The van der Waals surface area contributed by atoms with E-state index in [4.69, 9.17) is 28.4 Å². The summed E-state index contributed by atoms with van der Waals surface area (Å²) in [5.41, 5.74) is -1.71. The molecule has 0 aromatic rings. The van der Waals surface area contributed by atoms with Crippen LogP contribution >= 0.6 is 0 Å². The SMILES string of the molecule is CO[C@H]1O[C@H](CNC(=O)CCCC(CCCC(=O)NC[C@H]2O[C@H](OC)[C@@H](O)[C@@H](O)[C@@H]2O)(CCCC(=O)NC[C@H]2O[C@H](OC)[C@@H](O)[C@@H](O)[C@@H]2O)[N+](=O)[O-])[C@@H](O)[C@H](O)[C@@H]1O. The Hall–Kier alpha value is -2.79. The van der Waals surface area contributed by atoms with Gasteiger partial charge in [0, 0.05) is 84.4 Å². The number of aliphatic hydroxyl groups excluding tert-OH is 9. The predicted octanol–water partition coefficient (Wildman–Crippen LogP) is -5.78. The first-order valence-corrected chi connectivity index (χ1v) is 19.0. The molecule has 3 aliphatic rings. The van der Waals surface area contributed by atoms with E-state index >= 15 is 0 Å². The summed E-state index contributed by atoms with van der Waals surface area (Å²) in [5, 5.41) is 111. The molecule has 24 heteroatoms. The number of nitrogens with one attached hydrogen (secondary N) is 3. The lowest BCUT2D eigenvalue weighted by atomic mass is 9.83. The maximum atomic E-state index is 12.8. The Balaban J connectivity index is 1.59. The number of amides is 3. The fourth-order valence-corrected chi connectivity index (χ4v) is 7.13. The molecule has 3 heterocycles. The summed E-state index contributed by atoms with van der Waals surface area (Å²) in [6.45, 7) is -0.841. The van der Waals surface area contributed by atoms with E-state index in [1.165, 1.54) is 21.3 Å². The van der Waals surface area contributed by atoms with E-state index in [1.807, 2.05) is 0 Å². The minimum Gasteiger partial charge on any atom is -0.388 e. The van der Waals surface area contributed by atoms with E-state index in [0.29, 0.717) is 0 Å². The van der Waals surface area contributed by atoms with Gasteiger partial charge >= 0.3 is 0 Å². The molecule has 0 unspecified atom stereocenters. The predicted molar refractivity (Wildman–Crippen MR) is 191 cm³/mol. The van der Waals surface area contributed by atoms with Gasteiger partial charge in [-0.15, -0.1) is 0 Å². The van der Waals surface area contributed by atoms with Gasteiger partial charge in [0.15, 0.2) is 18.9 Å². The van der Waals surface area contributed by atoms with Crippen LogP contribution in [0.25, 0.3) is 0 Å². The second kappa shape index (κ2) is 23.3. The average molecular weight is 845 g/mol. The third kappa shape index (κ3) is 13.1. The van der Waals surface area contributed by atoms with Crippen molar-refractivity contribution in [1.82, 2.24) is 16.0 Å². The number of nitro groups is 1. The summed E-state index contributed by atoms with van der Waals surface area (Å²) < 4.78 is 31.1. The first kappa shape index (κ1) is 49.6. The highest BCUT2D eigenvalue weighted by Gasteiger charge is 2.47. The zero-order chi connectivity index (χ0) is 43.3. The summed E-state index contributed by atoms with van der Waals surface area (Å²) in [5.74, 6) is -1.70. The Morgan fingerprint density at radius 2 is 0.776 bits per heavy atom. The van der Waals surface area contributed by atoms with E-state index in [1.54, 1.807) is 0 Å². The number of ether oxygens (including phenoxy) is 6. The summed E-state index contributed by atoms with van der Waals surface area (Å²) in [6.07, 6.45) is -22.4. The first-order chi connectivity index (χ1) is 27.4. The Morgan fingerprint density at radius 3 is 1.00 bits per heavy atom. The van der Waals surface area contributed by atoms with Crippen molar-refractivity contribution in [1.29, 1.82) is 0 Å². The molecule has 0 aliphatic carbocycles. The molecular weight excluding hydrogens is 784 g/mol. The summed E-state index contributed by atoms with van der Waals surface area (Å²) in [6, 6.07) is 0. The van der Waals surface area contributed by atoms with Crippen molar-refractivity contribution < 1.29 is 93.7 Å². The van der Waals surface area contributed by atoms with Crippen LogP contribution < -0.4 is 16.0 Å². The lowest BCUT2D eigenvalue weighted by Crippen LogP contribution is -2.60. The largest absolute Gasteiger partial charge is 0.388 e. The highest BCUT2D eigenvalue weighted by atomic mass is 16.7. The number of hydrogen-bond donors (Lipinski definition) is 12. The van der Waals surface area contributed by atoms with E-state index in [-0.39, 0.29) is 77.4 Å². The zero-order valence-electron chi connectivity index (χ0n) is 32.6. The second-order valence-corrected chi connectivity index (χ2v) is 14.7. The molecule has 3 aliphatic heterocycles. The van der Waals surface area contributed by atoms with E-state index in [9.17, 15) is 70.5 Å². The number of aliphatic hydroxyl groups is 9. The lowest BCUT2D eigenvalue weighted by molar-refractivity contribution is -0.574. The number of hydrogen-bond acceptors (Lipinski definition) is 20. The topological polar surface area (TPSA) is 368 Å². The van der Waals surface area contributed by atoms with Gasteiger partial charge in [-0.3, -0.25) is 24.5 Å². The Kier molecular flexibility index (Phi) is 19.9. The summed E-state index contributed by atoms with van der Waals surface area (Å²) in [4.78, 5) is 50.5. The van der Waals surface area contributed by atoms with Gasteiger partial charge in [-0.05, 0) is 19.3 Å². The minimum absolute atomic E-state index is 0.0151. The third-order valence-corrected chi connectivity index (χ3v) is 10.7. The van der Waals surface area contributed by atoms with Crippen molar-refractivity contribution in [3.05, 3.63) is 10.1 Å². The van der Waals surface area contributed by atoms with E-state index in [0.717, 1.165) is 0 Å². The highest BCUT2D eigenvalue weighted by Crippen LogP contribution is 2.31. The minimum atomic E-state index is -1.71. The van der Waals surface area contributed by atoms with Crippen molar-refractivity contribution in [2.75, 3.05) is 41.0 Å². The molecule has 24 nitrogen and oxygen atoms in total. The summed E-state index contributed by atoms with van der Waals surface area (Å²) in [7, 11) is 3.65. The van der Waals surface area contributed by atoms with Crippen LogP contribution in [0.15, 0.2) is 0 Å². The zero-order valence-corrected chi connectivity index (χ0v) is 32.6. The highest BCUT2D eigenvalue weighted by molar-refractivity contribution is 5.76. The summed E-state index contributed by atoms with van der Waals surface area (Å²) >= 11 is 0. The van der Waals surface area contributed by atoms with Crippen LogP contribution in [0, 0.1) is 10.1 Å². The van der Waals surface area contributed by atoms with E-state index in [2.05, 4.69) is 16.0 Å². The molecule has 12 N–H and O–H groups in total. The molecule has 3 rings (SSSR count). The molecule has 0 bridgehead atoms. The normalized spacial score (nSPS) is 35.6. The Bertz CT molecular complexity index is 1170. The fraction of sp³-hybridized carbons (Fsp3) is 0.912. The van der Waals surface area contributed by atoms with Crippen molar-refractivity contribution >= 4 is 17.7 Å². The third-order valence-electron chi connectivity index (χ3n) is 10.7. The van der Waals surface area contributed by atoms with Crippen LogP contribution in [-0.2, 0) is 42.8 Å². The first-order valence-electron chi connectivity index (χ1n) is 19.0. The molecule has 3 saturated heterocycles. The van der Waals surface area contributed by atoms with Crippen molar-refractivity contribution in [2.24, 2.45) is 0 Å². The Morgan fingerprint density at radius 1 is 0.517 bits per heavy atom. The smallest absolute Gasteiger partial charge is 0.222 e. The van der Waals surface area contributed by atoms with Gasteiger partial charge in [-0.25, -0.2) is 0 Å². The average Bonchev–Trinajstić information content (AvgIpc) is 3.20. The van der Waals surface area contributed by atoms with Gasteiger partial charge in [-0.1, -0.05) is 0 Å². The van der Waals surface area contributed by atoms with Crippen LogP contribution in [0.3, 0.4) is 0 Å². The maximum absolute atomic E-state index is 12.8. The molecule has 0 spiro atoms. The molecule has 15 atom stereocenters. The van der Waals surface area contributed by atoms with Crippen molar-refractivity contribution in [3.8, 4) is 0 Å². The van der Waals surface area contributed by atoms with Gasteiger partial charge in [0.05, 0.1) is 0 Å². The standard InChI is InChI=1S/C34H60N4O20/c1-53-31-28(48)25(45)22(42)16(56-31)13-35-19(39)7-4-10-34(38(51)52,11-5-8-20(40)36-14-17-23(43)26(46)29(49)32(54-2)57-17)12-6-9-21(41)37-15-18-24(44)27(47)30(50)33(55-3)58-18/h16-18,22-33,42-50H,4-15H2,1-3H3,(H,35,39)(H,36,40)(H,37,41)/t16-,17-,18-,22-,23-,24-,25+,26+,27+,28+,29+,30+,31+,32+,33+/m1/s1. The van der Waals surface area contributed by atoms with Crippen molar-refractivity contribution in [3.63, 3.8) is 0 Å². The monoisotopic (exact) mass is 844 g/mol. The molecular formula is C34H60N4O20. The number of methoxy groups -OCH3 is 3. The molecule has 0 aromatic heterocycles. The van der Waals surface area contributed by atoms with Gasteiger partial charge in [0.25, 0.3) is 0 Å². The van der Waals surface area contributed by atoms with Crippen LogP contribution in [-0.4, -0.2) is 207 Å². The van der Waals surface area contributed by atoms with Crippen LogP contribution in [0.5, 0.6) is 0 Å². The molecule has 3 amide bonds. The molecule has 0 radical (unpaired) electrons. The molecule has 336 valence electrons. The van der Waals surface area contributed by atoms with Gasteiger partial charge in [-0.2, -0.15) is 0 Å². The van der Waals surface area contributed by atoms with Crippen LogP contribution in [0.2, 0.25) is 0 Å². The second-order valence-electron chi connectivity index (χ2n) is 14.7. The number of carbonyl (C=O) groups is 3. The molecule has 0 saturated carbocycles. The van der Waals surface area contributed by atoms with Gasteiger partial charge in [0.2, 0.25) is 23.3 Å². The molecule has 58 heavy (non-hydrogen) atoms. The number of nitrogens with zero attached hydrogens (tertiary/aromatic N) is 1. The van der Waals surface area contributed by atoms with Crippen LogP contribution in [0.1, 0.15) is 57.8 Å². The van der Waals surface area contributed by atoms with E-state index < -0.39 is 120 Å². The van der Waals surface area contributed by atoms with Crippen LogP contribution in [0.4, 0.5) is 0 Å².